The van der Waals surface area contributed by atoms with Gasteiger partial charge in [0.15, 0.2) is 0 Å². The number of halogens is 1. The number of rotatable bonds is 5. The second-order valence-corrected chi connectivity index (χ2v) is 9.54. The maximum absolute atomic E-state index is 13.5. The molecule has 0 aliphatic carbocycles. The fourth-order valence-corrected chi connectivity index (χ4v) is 5.22. The lowest BCUT2D eigenvalue weighted by atomic mass is 9.72. The van der Waals surface area contributed by atoms with Crippen molar-refractivity contribution in [2.45, 2.75) is 24.4 Å². The first-order chi connectivity index (χ1) is 16.1. The van der Waals surface area contributed by atoms with Crippen LogP contribution in [0, 0.1) is 0 Å². The zero-order chi connectivity index (χ0) is 22.8. The van der Waals surface area contributed by atoms with Gasteiger partial charge < -0.3 is 20.4 Å². The lowest BCUT2D eigenvalue weighted by Gasteiger charge is -2.41. The normalized spacial score (nSPS) is 21.6. The number of benzene rings is 2. The lowest BCUT2D eigenvalue weighted by Crippen LogP contribution is -2.48. The molecule has 1 fully saturated rings. The Bertz CT molecular complexity index is 1120. The highest BCUT2D eigenvalue weighted by Gasteiger charge is 2.38. The fourth-order valence-electron chi connectivity index (χ4n) is 5.02. The summed E-state index contributed by atoms with van der Waals surface area (Å²) in [5.41, 5.74) is 3.73. The van der Waals surface area contributed by atoms with Crippen molar-refractivity contribution >= 4 is 17.5 Å². The number of piperidine rings is 1. The molecule has 6 heteroatoms. The van der Waals surface area contributed by atoms with Gasteiger partial charge in [0.25, 0.3) is 5.91 Å². The molecule has 1 saturated heterocycles. The molecule has 33 heavy (non-hydrogen) atoms. The Morgan fingerprint density at radius 2 is 1.91 bits per heavy atom. The zero-order valence-electron chi connectivity index (χ0n) is 18.8. The summed E-state index contributed by atoms with van der Waals surface area (Å²) in [5.74, 6) is -0.0753. The molecule has 1 amide bonds. The van der Waals surface area contributed by atoms with Crippen LogP contribution in [-0.4, -0.2) is 42.4 Å². The molecule has 1 unspecified atom stereocenters. The average Bonchev–Trinajstić information content (AvgIpc) is 3.24. The van der Waals surface area contributed by atoms with Gasteiger partial charge in [0.1, 0.15) is 11.9 Å². The van der Waals surface area contributed by atoms with Crippen LogP contribution in [0.3, 0.4) is 0 Å². The van der Waals surface area contributed by atoms with Crippen LogP contribution in [0.5, 0.6) is 0 Å². The molecule has 2 aromatic rings. The highest BCUT2D eigenvalue weighted by Crippen LogP contribution is 2.36. The summed E-state index contributed by atoms with van der Waals surface area (Å²) in [5, 5.41) is 7.40. The molecule has 5 nitrogen and oxygen atoms in total. The number of fused-ring (bicyclic) bond motifs is 1. The maximum Gasteiger partial charge on any atom is 0.269 e. The molecule has 2 N–H and O–H groups in total. The quantitative estimate of drug-likeness (QED) is 0.697. The van der Waals surface area contributed by atoms with Gasteiger partial charge in [-0.05, 0) is 68.4 Å². The Hall–Kier alpha value is -3.02. The minimum atomic E-state index is -0.174. The number of allylic oxidation sites excluding steroid dienone is 3. The van der Waals surface area contributed by atoms with Gasteiger partial charge in [0.05, 0.1) is 5.70 Å². The number of carbonyl (C=O) groups excluding carboxylic acids is 1. The number of hydrogen-bond acceptors (Lipinski definition) is 4. The van der Waals surface area contributed by atoms with Crippen molar-refractivity contribution in [1.82, 2.24) is 20.4 Å². The number of amides is 1. The Kier molecular flexibility index (Phi) is 6.00. The summed E-state index contributed by atoms with van der Waals surface area (Å²) in [6.07, 6.45) is 9.79. The summed E-state index contributed by atoms with van der Waals surface area (Å²) in [6, 6.07) is 18.4. The van der Waals surface area contributed by atoms with Crippen molar-refractivity contribution in [3.05, 3.63) is 107 Å². The van der Waals surface area contributed by atoms with E-state index in [0.29, 0.717) is 17.3 Å². The number of nitrogens with zero attached hydrogens (tertiary/aromatic N) is 2. The number of hydrogen-bond donors (Lipinski definition) is 2. The second-order valence-electron chi connectivity index (χ2n) is 9.10. The van der Waals surface area contributed by atoms with E-state index >= 15 is 0 Å². The van der Waals surface area contributed by atoms with Gasteiger partial charge in [-0.25, -0.2) is 0 Å². The standard InChI is InChI=1S/C27H29ClN4O/c1-31-16-13-27(14-17-31,21-9-3-2-4-10-21)19-29-26(33)24-23-12-5-6-15-32(23)25(30-24)20-8-7-11-22(28)18-20/h2-12,15,18,25,30H,13-14,16-17,19H2,1H3,(H,29,33). The molecule has 0 spiro atoms. The van der Waals surface area contributed by atoms with Crippen LogP contribution in [0.2, 0.25) is 5.02 Å². The predicted molar refractivity (Wildman–Crippen MR) is 132 cm³/mol. The Morgan fingerprint density at radius 3 is 2.67 bits per heavy atom. The average molecular weight is 461 g/mol. The van der Waals surface area contributed by atoms with E-state index in [2.05, 4.69) is 51.7 Å². The smallest absolute Gasteiger partial charge is 0.269 e. The Labute approximate surface area is 200 Å². The first-order valence-electron chi connectivity index (χ1n) is 11.5. The van der Waals surface area contributed by atoms with E-state index in [4.69, 9.17) is 11.6 Å². The fraction of sp³-hybridized carbons (Fsp3) is 0.296. The number of likely N-dealkylation sites (tertiary alicyclic amines) is 1. The third-order valence-corrected chi connectivity index (χ3v) is 7.25. The molecule has 5 rings (SSSR count). The van der Waals surface area contributed by atoms with Crippen LogP contribution < -0.4 is 10.6 Å². The first kappa shape index (κ1) is 21.8. The molecule has 0 aromatic heterocycles. The molecule has 3 aliphatic heterocycles. The van der Waals surface area contributed by atoms with Crippen molar-refractivity contribution < 1.29 is 4.79 Å². The van der Waals surface area contributed by atoms with Crippen molar-refractivity contribution in [2.24, 2.45) is 0 Å². The Balaban J connectivity index is 1.37. The minimum absolute atomic E-state index is 0.0540. The number of nitrogens with one attached hydrogen (secondary N) is 2. The molecular formula is C27H29ClN4O. The summed E-state index contributed by atoms with van der Waals surface area (Å²) in [4.78, 5) is 17.9. The molecule has 0 saturated carbocycles. The Morgan fingerprint density at radius 1 is 1.12 bits per heavy atom. The van der Waals surface area contributed by atoms with E-state index in [0.717, 1.165) is 37.2 Å². The van der Waals surface area contributed by atoms with E-state index in [9.17, 15) is 4.79 Å². The van der Waals surface area contributed by atoms with Gasteiger partial charge in [-0.1, -0.05) is 60.1 Å². The molecular weight excluding hydrogens is 432 g/mol. The highest BCUT2D eigenvalue weighted by atomic mass is 35.5. The lowest BCUT2D eigenvalue weighted by molar-refractivity contribution is -0.118. The van der Waals surface area contributed by atoms with Gasteiger partial charge in [0.2, 0.25) is 0 Å². The van der Waals surface area contributed by atoms with Gasteiger partial charge >= 0.3 is 0 Å². The van der Waals surface area contributed by atoms with Crippen LogP contribution in [0.15, 0.2) is 90.4 Å². The maximum atomic E-state index is 13.5. The summed E-state index contributed by atoms with van der Waals surface area (Å²) in [6.45, 7) is 2.66. The van der Waals surface area contributed by atoms with Gasteiger partial charge in [-0.15, -0.1) is 0 Å². The monoisotopic (exact) mass is 460 g/mol. The van der Waals surface area contributed by atoms with E-state index in [1.165, 1.54) is 5.56 Å². The topological polar surface area (TPSA) is 47.6 Å². The van der Waals surface area contributed by atoms with Crippen molar-refractivity contribution in [3.8, 4) is 0 Å². The largest absolute Gasteiger partial charge is 0.355 e. The van der Waals surface area contributed by atoms with Crippen LogP contribution in [0.25, 0.3) is 0 Å². The summed E-state index contributed by atoms with van der Waals surface area (Å²) in [7, 11) is 2.16. The molecule has 0 radical (unpaired) electrons. The van der Waals surface area contributed by atoms with Gasteiger partial charge in [-0.3, -0.25) is 4.79 Å². The first-order valence-corrected chi connectivity index (χ1v) is 11.9. The molecule has 2 aromatic carbocycles. The van der Waals surface area contributed by atoms with Crippen LogP contribution in [-0.2, 0) is 10.2 Å². The van der Waals surface area contributed by atoms with E-state index in [-0.39, 0.29) is 17.5 Å². The third-order valence-electron chi connectivity index (χ3n) is 7.01. The summed E-state index contributed by atoms with van der Waals surface area (Å²) >= 11 is 6.24. The van der Waals surface area contributed by atoms with Gasteiger partial charge in [-0.2, -0.15) is 0 Å². The molecule has 3 aliphatic rings. The van der Waals surface area contributed by atoms with Gasteiger partial charge in [0, 0.05) is 23.2 Å². The van der Waals surface area contributed by atoms with Crippen molar-refractivity contribution in [1.29, 1.82) is 0 Å². The predicted octanol–water partition coefficient (Wildman–Crippen LogP) is 4.32. The van der Waals surface area contributed by atoms with Crippen molar-refractivity contribution in [3.63, 3.8) is 0 Å². The minimum Gasteiger partial charge on any atom is -0.355 e. The molecule has 3 heterocycles. The van der Waals surface area contributed by atoms with Crippen LogP contribution in [0.1, 0.15) is 30.1 Å². The third kappa shape index (κ3) is 4.31. The SMILES string of the molecule is CN1CCC(CNC(=O)C2=C3C=CC=CN3C(c3cccc(Cl)c3)N2)(c2ccccc2)CC1. The molecule has 0 bridgehead atoms. The molecule has 170 valence electrons. The number of carbonyl (C=O) groups is 1. The van der Waals surface area contributed by atoms with Crippen molar-refractivity contribution in [2.75, 3.05) is 26.7 Å². The van der Waals surface area contributed by atoms with Crippen LogP contribution >= 0.6 is 11.6 Å². The highest BCUT2D eigenvalue weighted by molar-refractivity contribution is 6.30. The molecule has 1 atom stereocenters. The van der Waals surface area contributed by atoms with Crippen LogP contribution in [0.4, 0.5) is 0 Å². The van der Waals surface area contributed by atoms with E-state index in [1.54, 1.807) is 0 Å². The van der Waals surface area contributed by atoms with E-state index < -0.39 is 0 Å². The summed E-state index contributed by atoms with van der Waals surface area (Å²) < 4.78 is 0. The second kappa shape index (κ2) is 9.08. The van der Waals surface area contributed by atoms with E-state index in [1.807, 2.05) is 54.8 Å². The zero-order valence-corrected chi connectivity index (χ0v) is 19.6.